The van der Waals surface area contributed by atoms with Gasteiger partial charge in [-0.15, -0.1) is 0 Å². The maximum atomic E-state index is 12.0. The van der Waals surface area contributed by atoms with E-state index in [0.717, 1.165) is 18.6 Å². The lowest BCUT2D eigenvalue weighted by Crippen LogP contribution is -2.43. The van der Waals surface area contributed by atoms with Crippen LogP contribution in [-0.4, -0.2) is 18.6 Å². The highest BCUT2D eigenvalue weighted by atomic mass is 16.5. The van der Waals surface area contributed by atoms with Gasteiger partial charge in [0.25, 0.3) is 5.91 Å². The van der Waals surface area contributed by atoms with Crippen LogP contribution in [0.1, 0.15) is 50.2 Å². The van der Waals surface area contributed by atoms with Crippen molar-refractivity contribution in [3.05, 3.63) is 29.3 Å². The van der Waals surface area contributed by atoms with Gasteiger partial charge in [0, 0.05) is 6.04 Å². The van der Waals surface area contributed by atoms with Crippen molar-refractivity contribution in [2.45, 2.75) is 57.9 Å². The molecule has 1 saturated carbocycles. The summed E-state index contributed by atoms with van der Waals surface area (Å²) in [6, 6.07) is 6.55. The van der Waals surface area contributed by atoms with Gasteiger partial charge in [-0.25, -0.2) is 0 Å². The Morgan fingerprint density at radius 2 is 2.00 bits per heavy atom. The summed E-state index contributed by atoms with van der Waals surface area (Å²) in [6.45, 7) is 2.35. The quantitative estimate of drug-likeness (QED) is 0.923. The molecular weight excluding hydrogens is 262 g/mol. The zero-order valence-electron chi connectivity index (χ0n) is 12.9. The van der Waals surface area contributed by atoms with Gasteiger partial charge in [-0.05, 0) is 61.3 Å². The lowest BCUT2D eigenvalue weighted by molar-refractivity contribution is -0.124. The van der Waals surface area contributed by atoms with E-state index >= 15 is 0 Å². The van der Waals surface area contributed by atoms with Gasteiger partial charge in [0.2, 0.25) is 0 Å². The zero-order valence-corrected chi connectivity index (χ0v) is 12.9. The maximum Gasteiger partial charge on any atom is 0.258 e. The van der Waals surface area contributed by atoms with E-state index in [1.165, 1.54) is 43.2 Å². The highest BCUT2D eigenvalue weighted by Crippen LogP contribution is 2.26. The van der Waals surface area contributed by atoms with Gasteiger partial charge in [0.05, 0.1) is 0 Å². The third-order valence-electron chi connectivity index (χ3n) is 4.90. The van der Waals surface area contributed by atoms with Gasteiger partial charge in [-0.2, -0.15) is 0 Å². The van der Waals surface area contributed by atoms with Crippen LogP contribution in [0.4, 0.5) is 0 Å². The summed E-state index contributed by atoms with van der Waals surface area (Å²) in [6.07, 6.45) is 8.38. The van der Waals surface area contributed by atoms with E-state index < -0.39 is 0 Å². The van der Waals surface area contributed by atoms with E-state index in [0.29, 0.717) is 12.0 Å². The van der Waals surface area contributed by atoms with Crippen LogP contribution in [0.15, 0.2) is 18.2 Å². The monoisotopic (exact) mass is 287 g/mol. The fourth-order valence-corrected chi connectivity index (χ4v) is 3.57. The molecule has 0 bridgehead atoms. The van der Waals surface area contributed by atoms with Crippen LogP contribution < -0.4 is 10.1 Å². The molecule has 0 spiro atoms. The molecule has 2 aliphatic rings. The summed E-state index contributed by atoms with van der Waals surface area (Å²) < 4.78 is 5.66. The van der Waals surface area contributed by atoms with Crippen molar-refractivity contribution in [2.75, 3.05) is 6.61 Å². The molecule has 0 aromatic heterocycles. The fraction of sp³-hybridized carbons (Fsp3) is 0.611. The van der Waals surface area contributed by atoms with E-state index in [1.54, 1.807) is 0 Å². The molecule has 1 amide bonds. The van der Waals surface area contributed by atoms with Crippen molar-refractivity contribution in [2.24, 2.45) is 5.92 Å². The molecule has 2 atom stereocenters. The van der Waals surface area contributed by atoms with Gasteiger partial charge in [0.1, 0.15) is 5.75 Å². The van der Waals surface area contributed by atoms with Crippen molar-refractivity contribution in [3.8, 4) is 5.75 Å². The minimum absolute atomic E-state index is 0.00856. The summed E-state index contributed by atoms with van der Waals surface area (Å²) in [5, 5.41) is 3.13. The standard InChI is InChI=1S/C18H25NO2/c1-13-5-2-3-8-17(13)19-18(20)12-21-16-10-9-14-6-4-7-15(14)11-16/h9-11,13,17H,2-8,12H2,1H3,(H,19,20). The van der Waals surface area contributed by atoms with Crippen LogP contribution in [0.2, 0.25) is 0 Å². The lowest BCUT2D eigenvalue weighted by Gasteiger charge is -2.29. The Bertz CT molecular complexity index is 512. The molecule has 1 aromatic rings. The number of amides is 1. The molecule has 2 aliphatic carbocycles. The average molecular weight is 287 g/mol. The number of hydrogen-bond donors (Lipinski definition) is 1. The number of rotatable bonds is 4. The molecule has 1 fully saturated rings. The first-order valence-electron chi connectivity index (χ1n) is 8.26. The molecule has 2 unspecified atom stereocenters. The second-order valence-electron chi connectivity index (χ2n) is 6.51. The van der Waals surface area contributed by atoms with Gasteiger partial charge < -0.3 is 10.1 Å². The summed E-state index contributed by atoms with van der Waals surface area (Å²) >= 11 is 0. The number of hydrogen-bond acceptors (Lipinski definition) is 2. The second kappa shape index (κ2) is 6.50. The number of ether oxygens (including phenoxy) is 1. The first kappa shape index (κ1) is 14.4. The summed E-state index contributed by atoms with van der Waals surface area (Å²) in [5.74, 6) is 1.42. The summed E-state index contributed by atoms with van der Waals surface area (Å²) in [5.41, 5.74) is 2.82. The third kappa shape index (κ3) is 3.58. The molecule has 3 rings (SSSR count). The van der Waals surface area contributed by atoms with Gasteiger partial charge in [0.15, 0.2) is 6.61 Å². The molecule has 0 aliphatic heterocycles. The topological polar surface area (TPSA) is 38.3 Å². The van der Waals surface area contributed by atoms with Crippen LogP contribution in [-0.2, 0) is 17.6 Å². The Kier molecular flexibility index (Phi) is 4.47. The first-order chi connectivity index (χ1) is 10.2. The van der Waals surface area contributed by atoms with Crippen LogP contribution in [0.3, 0.4) is 0 Å². The Balaban J connectivity index is 1.49. The van der Waals surface area contributed by atoms with E-state index in [4.69, 9.17) is 4.74 Å². The number of aryl methyl sites for hydroxylation is 2. The summed E-state index contributed by atoms with van der Waals surface area (Å²) in [4.78, 5) is 12.0. The zero-order chi connectivity index (χ0) is 14.7. The van der Waals surface area contributed by atoms with E-state index in [9.17, 15) is 4.79 Å². The van der Waals surface area contributed by atoms with Gasteiger partial charge in [-0.3, -0.25) is 4.79 Å². The first-order valence-corrected chi connectivity index (χ1v) is 8.26. The predicted octanol–water partition coefficient (Wildman–Crippen LogP) is 3.25. The molecule has 1 N–H and O–H groups in total. The van der Waals surface area contributed by atoms with E-state index in [1.807, 2.05) is 6.07 Å². The molecule has 0 heterocycles. The normalized spacial score (nSPS) is 24.4. The molecule has 3 nitrogen and oxygen atoms in total. The molecule has 3 heteroatoms. The number of fused-ring (bicyclic) bond motifs is 1. The predicted molar refractivity (Wildman–Crippen MR) is 83.5 cm³/mol. The van der Waals surface area contributed by atoms with Crippen molar-refractivity contribution in [1.29, 1.82) is 0 Å². The Morgan fingerprint density at radius 1 is 1.19 bits per heavy atom. The number of nitrogens with one attached hydrogen (secondary N) is 1. The molecular formula is C18H25NO2. The SMILES string of the molecule is CC1CCCCC1NC(=O)COc1ccc2c(c1)CCC2. The van der Waals surface area contributed by atoms with Crippen molar-refractivity contribution in [3.63, 3.8) is 0 Å². The fourth-order valence-electron chi connectivity index (χ4n) is 3.57. The van der Waals surface area contributed by atoms with Crippen LogP contribution >= 0.6 is 0 Å². The molecule has 0 radical (unpaired) electrons. The largest absolute Gasteiger partial charge is 0.484 e. The smallest absolute Gasteiger partial charge is 0.258 e. The molecule has 0 saturated heterocycles. The summed E-state index contributed by atoms with van der Waals surface area (Å²) in [7, 11) is 0. The number of carbonyl (C=O) groups excluding carboxylic acids is 1. The molecule has 114 valence electrons. The highest BCUT2D eigenvalue weighted by molar-refractivity contribution is 5.77. The van der Waals surface area contributed by atoms with E-state index in [-0.39, 0.29) is 12.5 Å². The Morgan fingerprint density at radius 3 is 2.86 bits per heavy atom. The van der Waals surface area contributed by atoms with Gasteiger partial charge >= 0.3 is 0 Å². The van der Waals surface area contributed by atoms with Crippen molar-refractivity contribution >= 4 is 5.91 Å². The van der Waals surface area contributed by atoms with Crippen LogP contribution in [0.5, 0.6) is 5.75 Å². The molecule has 1 aromatic carbocycles. The lowest BCUT2D eigenvalue weighted by atomic mass is 9.86. The third-order valence-corrected chi connectivity index (χ3v) is 4.90. The Labute approximate surface area is 127 Å². The molecule has 21 heavy (non-hydrogen) atoms. The van der Waals surface area contributed by atoms with Crippen molar-refractivity contribution in [1.82, 2.24) is 5.32 Å². The van der Waals surface area contributed by atoms with E-state index in [2.05, 4.69) is 24.4 Å². The number of benzene rings is 1. The Hall–Kier alpha value is -1.51. The minimum Gasteiger partial charge on any atom is -0.484 e. The van der Waals surface area contributed by atoms with Crippen LogP contribution in [0, 0.1) is 5.92 Å². The second-order valence-corrected chi connectivity index (χ2v) is 6.51. The van der Waals surface area contributed by atoms with Crippen LogP contribution in [0.25, 0.3) is 0 Å². The van der Waals surface area contributed by atoms with Gasteiger partial charge in [-0.1, -0.05) is 25.8 Å². The minimum atomic E-state index is 0.00856. The van der Waals surface area contributed by atoms with Crippen molar-refractivity contribution < 1.29 is 9.53 Å². The number of carbonyl (C=O) groups is 1. The average Bonchev–Trinajstić information content (AvgIpc) is 2.95. The maximum absolute atomic E-state index is 12.0. The highest BCUT2D eigenvalue weighted by Gasteiger charge is 2.22.